The molecule has 0 fully saturated rings. The molecule has 0 aromatic rings. The van der Waals surface area contributed by atoms with Crippen molar-refractivity contribution in [3.63, 3.8) is 0 Å². The Balaban J connectivity index is -0.000000333. The SMILES string of the molecule is CCCCCCCCCCCCCCCCCC(=O)[O-].O=P([O-])([O-])[O-].[Mg+2].[Mg+2]. The molecule has 9 heteroatoms. The van der Waals surface area contributed by atoms with Crippen LogP contribution in [0.3, 0.4) is 0 Å². The molecule has 0 atom stereocenters. The molecule has 152 valence electrons. The van der Waals surface area contributed by atoms with Crippen LogP contribution < -0.4 is 19.8 Å². The van der Waals surface area contributed by atoms with Crippen molar-refractivity contribution < 1.29 is 29.1 Å². The van der Waals surface area contributed by atoms with Crippen molar-refractivity contribution in [2.45, 2.75) is 110 Å². The molecule has 6 nitrogen and oxygen atoms in total. The van der Waals surface area contributed by atoms with Crippen LogP contribution in [0.5, 0.6) is 0 Å². The first-order chi connectivity index (χ1) is 11.8. The maximum atomic E-state index is 10.2. The Labute approximate surface area is 197 Å². The fourth-order valence-corrected chi connectivity index (χ4v) is 2.64. The largest absolute Gasteiger partial charge is 2.00 e. The molecule has 0 bridgehead atoms. The molecule has 0 saturated carbocycles. The van der Waals surface area contributed by atoms with Gasteiger partial charge in [0.15, 0.2) is 0 Å². The van der Waals surface area contributed by atoms with Crippen molar-refractivity contribution in [3.8, 4) is 0 Å². The van der Waals surface area contributed by atoms with Crippen LogP contribution in [0.2, 0.25) is 0 Å². The van der Waals surface area contributed by atoms with Crippen LogP contribution in [0.1, 0.15) is 110 Å². The van der Waals surface area contributed by atoms with Crippen molar-refractivity contribution in [3.05, 3.63) is 0 Å². The first-order valence-corrected chi connectivity index (χ1v) is 11.2. The van der Waals surface area contributed by atoms with Crippen LogP contribution in [0.25, 0.3) is 0 Å². The summed E-state index contributed by atoms with van der Waals surface area (Å²) in [5.74, 6) is -0.903. The van der Waals surface area contributed by atoms with Gasteiger partial charge < -0.3 is 29.1 Å². The molecular formula is C18H35Mg2O6P. The number of aliphatic carboxylic acids is 1. The van der Waals surface area contributed by atoms with Gasteiger partial charge in [-0.2, -0.15) is 7.82 Å². The van der Waals surface area contributed by atoms with Gasteiger partial charge in [0.05, 0.1) is 0 Å². The number of carbonyl (C=O) groups is 1. The van der Waals surface area contributed by atoms with Crippen LogP contribution in [-0.2, 0) is 9.36 Å². The van der Waals surface area contributed by atoms with E-state index in [4.69, 9.17) is 19.2 Å². The summed E-state index contributed by atoms with van der Waals surface area (Å²) in [7, 11) is -5.39. The van der Waals surface area contributed by atoms with Gasteiger partial charge in [-0.15, -0.1) is 0 Å². The van der Waals surface area contributed by atoms with Gasteiger partial charge >= 0.3 is 46.1 Å². The zero-order valence-electron chi connectivity index (χ0n) is 17.1. The maximum Gasteiger partial charge on any atom is 2.00 e. The van der Waals surface area contributed by atoms with Gasteiger partial charge in [-0.3, -0.25) is 0 Å². The Morgan fingerprint density at radius 1 is 0.630 bits per heavy atom. The van der Waals surface area contributed by atoms with E-state index in [9.17, 15) is 9.90 Å². The summed E-state index contributed by atoms with van der Waals surface area (Å²) in [6.45, 7) is 2.27. The second-order valence-corrected chi connectivity index (χ2v) is 7.41. The number of carboxylic acids is 1. The fourth-order valence-electron chi connectivity index (χ4n) is 2.64. The summed E-state index contributed by atoms with van der Waals surface area (Å²) in [6, 6.07) is 0. The molecular weight excluding hydrogens is 392 g/mol. The van der Waals surface area contributed by atoms with E-state index < -0.39 is 13.8 Å². The number of carbonyl (C=O) groups excluding carboxylic acids is 1. The van der Waals surface area contributed by atoms with Crippen LogP contribution >= 0.6 is 7.82 Å². The number of hydrogen-bond acceptors (Lipinski definition) is 6. The van der Waals surface area contributed by atoms with E-state index in [1.807, 2.05) is 0 Å². The van der Waals surface area contributed by atoms with E-state index in [0.717, 1.165) is 12.8 Å². The molecule has 0 rings (SSSR count). The predicted molar refractivity (Wildman–Crippen MR) is 104 cm³/mol. The van der Waals surface area contributed by atoms with Gasteiger partial charge in [-0.1, -0.05) is 96.8 Å². The predicted octanol–water partition coefficient (Wildman–Crippen LogP) is 1.41. The standard InChI is InChI=1S/C18H36O2.2Mg.H3O4P/c1-2-3-4-5-6-7-8-9-10-11-12-13-14-15-16-17-18(19)20;;;1-5(2,3)4/h2-17H2,1H3,(H,19,20);;;(H3,1,2,3,4)/q;2*+2;/p-4. The van der Waals surface area contributed by atoms with E-state index in [1.165, 1.54) is 83.5 Å². The van der Waals surface area contributed by atoms with Crippen LogP contribution in [0.4, 0.5) is 0 Å². The Bertz CT molecular complexity index is 332. The number of carboxylic acid groups (broad SMARTS) is 1. The topological polar surface area (TPSA) is 126 Å². The summed E-state index contributed by atoms with van der Waals surface area (Å²) in [5.41, 5.74) is 0. The second-order valence-electron chi connectivity index (χ2n) is 6.52. The van der Waals surface area contributed by atoms with Gasteiger partial charge in [-0.25, -0.2) is 0 Å². The Kier molecular flexibility index (Phi) is 35.7. The zero-order valence-corrected chi connectivity index (χ0v) is 20.8. The van der Waals surface area contributed by atoms with Crippen LogP contribution in [0, 0.1) is 0 Å². The van der Waals surface area contributed by atoms with Gasteiger partial charge in [0, 0.05) is 5.97 Å². The van der Waals surface area contributed by atoms with Crippen LogP contribution in [0.15, 0.2) is 0 Å². The number of hydrogen-bond donors (Lipinski definition) is 0. The monoisotopic (exact) mass is 426 g/mol. The molecule has 0 N–H and O–H groups in total. The van der Waals surface area contributed by atoms with Crippen molar-refractivity contribution in [1.29, 1.82) is 0 Å². The van der Waals surface area contributed by atoms with Gasteiger partial charge in [0.1, 0.15) is 0 Å². The van der Waals surface area contributed by atoms with E-state index in [-0.39, 0.29) is 52.5 Å². The van der Waals surface area contributed by atoms with Crippen molar-refractivity contribution in [2.75, 3.05) is 0 Å². The van der Waals surface area contributed by atoms with E-state index >= 15 is 0 Å². The van der Waals surface area contributed by atoms with Gasteiger partial charge in [0.2, 0.25) is 0 Å². The average molecular weight is 427 g/mol. The summed E-state index contributed by atoms with van der Waals surface area (Å²) in [5, 5.41) is 10.2. The van der Waals surface area contributed by atoms with Crippen molar-refractivity contribution in [2.24, 2.45) is 0 Å². The average Bonchev–Trinajstić information content (AvgIpc) is 2.49. The fraction of sp³-hybridized carbons (Fsp3) is 0.944. The smallest absolute Gasteiger partial charge is 0.822 e. The molecule has 0 amide bonds. The normalized spacial score (nSPS) is 10.2. The first-order valence-electron chi connectivity index (χ1n) is 9.70. The summed E-state index contributed by atoms with van der Waals surface area (Å²) in [6.07, 6.45) is 19.9. The molecule has 0 aromatic heterocycles. The van der Waals surface area contributed by atoms with Crippen molar-refractivity contribution in [1.82, 2.24) is 0 Å². The van der Waals surface area contributed by atoms with E-state index in [1.54, 1.807) is 0 Å². The third-order valence-corrected chi connectivity index (χ3v) is 3.98. The molecule has 0 aromatic carbocycles. The molecule has 0 saturated heterocycles. The van der Waals surface area contributed by atoms with Crippen LogP contribution in [-0.4, -0.2) is 52.1 Å². The summed E-state index contributed by atoms with van der Waals surface area (Å²) >= 11 is 0. The van der Waals surface area contributed by atoms with Gasteiger partial charge in [-0.05, 0) is 12.8 Å². The molecule has 0 aliphatic rings. The Morgan fingerprint density at radius 3 is 1.07 bits per heavy atom. The minimum absolute atomic E-state index is 0. The molecule has 0 unspecified atom stereocenters. The molecule has 0 aliphatic heterocycles. The summed E-state index contributed by atoms with van der Waals surface area (Å²) < 4.78 is 8.55. The molecule has 0 radical (unpaired) electrons. The number of phosphoric acid groups is 1. The minimum atomic E-state index is -5.39. The number of rotatable bonds is 16. The molecule has 27 heavy (non-hydrogen) atoms. The van der Waals surface area contributed by atoms with E-state index in [2.05, 4.69) is 6.92 Å². The number of unbranched alkanes of at least 4 members (excludes halogenated alkanes) is 14. The Morgan fingerprint density at radius 2 is 0.852 bits per heavy atom. The second kappa shape index (κ2) is 27.1. The molecule has 0 spiro atoms. The van der Waals surface area contributed by atoms with Gasteiger partial charge in [0.25, 0.3) is 0 Å². The summed E-state index contributed by atoms with van der Waals surface area (Å²) in [4.78, 5) is 35.9. The maximum absolute atomic E-state index is 10.2. The van der Waals surface area contributed by atoms with E-state index in [0.29, 0.717) is 0 Å². The van der Waals surface area contributed by atoms with Crippen molar-refractivity contribution >= 4 is 59.9 Å². The molecule has 0 heterocycles. The quantitative estimate of drug-likeness (QED) is 0.208. The minimum Gasteiger partial charge on any atom is -0.822 e. The first kappa shape index (κ1) is 35.5. The zero-order chi connectivity index (χ0) is 19.4. The Hall–Kier alpha value is 1.11. The molecule has 0 aliphatic carbocycles. The third-order valence-electron chi connectivity index (χ3n) is 3.98. The third kappa shape index (κ3) is 52.1.